The highest BCUT2D eigenvalue weighted by molar-refractivity contribution is 6.31. The molecule has 3 aromatic carbocycles. The summed E-state index contributed by atoms with van der Waals surface area (Å²) in [5.74, 6) is -0.543. The first-order valence-electron chi connectivity index (χ1n) is 9.53. The fourth-order valence-electron chi connectivity index (χ4n) is 3.18. The minimum absolute atomic E-state index is 0.255. The number of hydrogen-bond acceptors (Lipinski definition) is 2. The number of rotatable bonds is 5. The first kappa shape index (κ1) is 21.0. The van der Waals surface area contributed by atoms with Crippen LogP contribution in [0.2, 0.25) is 10.0 Å². The molecule has 1 aromatic heterocycles. The van der Waals surface area contributed by atoms with E-state index in [0.29, 0.717) is 15.6 Å². The topological polar surface area (TPSA) is 42.0 Å². The molecule has 0 saturated heterocycles. The number of amides is 1. The Morgan fingerprint density at radius 2 is 1.58 bits per heavy atom. The lowest BCUT2D eigenvalue weighted by atomic mass is 10.0. The Morgan fingerprint density at radius 1 is 0.839 bits per heavy atom. The van der Waals surface area contributed by atoms with Gasteiger partial charge in [-0.15, -0.1) is 0 Å². The summed E-state index contributed by atoms with van der Waals surface area (Å²) in [6.07, 6.45) is 3.20. The highest BCUT2D eigenvalue weighted by atomic mass is 35.5. The zero-order valence-corrected chi connectivity index (χ0v) is 17.8. The molecule has 0 aliphatic heterocycles. The molecule has 31 heavy (non-hydrogen) atoms. The van der Waals surface area contributed by atoms with Gasteiger partial charge in [0.1, 0.15) is 5.82 Å². The summed E-state index contributed by atoms with van der Waals surface area (Å²) in [6.45, 7) is 0.267. The second-order valence-corrected chi connectivity index (χ2v) is 7.81. The Kier molecular flexibility index (Phi) is 6.31. The van der Waals surface area contributed by atoms with Gasteiger partial charge in [-0.05, 0) is 58.7 Å². The predicted molar refractivity (Wildman–Crippen MR) is 123 cm³/mol. The molecule has 0 bridgehead atoms. The summed E-state index contributed by atoms with van der Waals surface area (Å²) in [6, 6.07) is 20.9. The van der Waals surface area contributed by atoms with E-state index in [1.807, 2.05) is 30.3 Å². The number of carbonyl (C=O) groups is 1. The molecule has 1 N–H and O–H groups in total. The molecule has 0 saturated carbocycles. The van der Waals surface area contributed by atoms with Gasteiger partial charge in [-0.25, -0.2) is 4.39 Å². The molecule has 0 fully saturated rings. The fourth-order valence-corrected chi connectivity index (χ4v) is 3.62. The zero-order chi connectivity index (χ0) is 21.8. The van der Waals surface area contributed by atoms with Gasteiger partial charge in [-0.1, -0.05) is 59.6 Å². The van der Waals surface area contributed by atoms with Crippen LogP contribution in [0, 0.1) is 5.82 Å². The minimum atomic E-state index is -0.289. The van der Waals surface area contributed by atoms with Gasteiger partial charge >= 0.3 is 0 Å². The fraction of sp³-hybridized carbons (Fsp3) is 0.0400. The van der Waals surface area contributed by atoms with Crippen LogP contribution < -0.4 is 5.32 Å². The Bertz CT molecular complexity index is 1240. The lowest BCUT2D eigenvalue weighted by Crippen LogP contribution is -2.23. The van der Waals surface area contributed by atoms with Gasteiger partial charge in [0.25, 0.3) is 5.91 Å². The number of halogens is 3. The molecule has 6 heteroatoms. The standard InChI is InChI=1S/C25H17Cl2FN2O/c26-22-3-1-2-17(11-22)20-10-21(14-29-13-20)25(31)30-15-19-5-4-18(12-24(19)27)16-6-8-23(28)9-7-16/h1-14H,15H2,(H,30,31). The van der Waals surface area contributed by atoms with E-state index in [1.54, 1.807) is 36.5 Å². The number of aromatic nitrogens is 1. The Balaban J connectivity index is 1.46. The zero-order valence-electron chi connectivity index (χ0n) is 16.3. The third kappa shape index (κ3) is 5.10. The molecular formula is C25H17Cl2FN2O. The van der Waals surface area contributed by atoms with Gasteiger partial charge in [0.15, 0.2) is 0 Å². The molecule has 0 spiro atoms. The molecule has 0 radical (unpaired) electrons. The summed E-state index contributed by atoms with van der Waals surface area (Å²) >= 11 is 12.5. The van der Waals surface area contributed by atoms with Crippen LogP contribution in [0.15, 0.2) is 85.2 Å². The Labute approximate surface area is 189 Å². The Morgan fingerprint density at radius 3 is 2.32 bits per heavy atom. The second-order valence-electron chi connectivity index (χ2n) is 6.97. The number of nitrogens with one attached hydrogen (secondary N) is 1. The lowest BCUT2D eigenvalue weighted by molar-refractivity contribution is 0.0950. The molecule has 154 valence electrons. The molecule has 1 amide bonds. The summed E-state index contributed by atoms with van der Waals surface area (Å²) in [5, 5.41) is 4.01. The third-order valence-electron chi connectivity index (χ3n) is 4.83. The van der Waals surface area contributed by atoms with Gasteiger partial charge in [0.2, 0.25) is 0 Å². The van der Waals surface area contributed by atoms with Gasteiger partial charge in [0, 0.05) is 34.5 Å². The molecule has 4 rings (SSSR count). The van der Waals surface area contributed by atoms with Crippen LogP contribution in [0.25, 0.3) is 22.3 Å². The van der Waals surface area contributed by atoms with Crippen molar-refractivity contribution in [3.05, 3.63) is 112 Å². The van der Waals surface area contributed by atoms with Crippen molar-refractivity contribution >= 4 is 29.1 Å². The van der Waals surface area contributed by atoms with Crippen molar-refractivity contribution in [3.63, 3.8) is 0 Å². The molecule has 1 heterocycles. The summed E-state index contributed by atoms with van der Waals surface area (Å²) < 4.78 is 13.1. The van der Waals surface area contributed by atoms with E-state index in [9.17, 15) is 9.18 Å². The van der Waals surface area contributed by atoms with Gasteiger partial charge in [-0.3, -0.25) is 9.78 Å². The number of carbonyl (C=O) groups excluding carboxylic acids is 1. The van der Waals surface area contributed by atoms with Crippen molar-refractivity contribution in [3.8, 4) is 22.3 Å². The average molecular weight is 451 g/mol. The molecule has 0 aliphatic rings. The molecular weight excluding hydrogens is 434 g/mol. The van der Waals surface area contributed by atoms with Crippen molar-refractivity contribution in [1.82, 2.24) is 10.3 Å². The highest BCUT2D eigenvalue weighted by Gasteiger charge is 2.10. The number of benzene rings is 3. The van der Waals surface area contributed by atoms with Gasteiger partial charge < -0.3 is 5.32 Å². The quantitative estimate of drug-likeness (QED) is 0.363. The summed E-state index contributed by atoms with van der Waals surface area (Å²) in [5.41, 5.74) is 4.64. The Hall–Kier alpha value is -3.21. The number of nitrogens with zero attached hydrogens (tertiary/aromatic N) is 1. The first-order chi connectivity index (χ1) is 15.0. The maximum absolute atomic E-state index is 13.1. The van der Waals surface area contributed by atoms with Crippen LogP contribution in [0.1, 0.15) is 15.9 Å². The van der Waals surface area contributed by atoms with Crippen LogP contribution in [-0.2, 0) is 6.54 Å². The monoisotopic (exact) mass is 450 g/mol. The SMILES string of the molecule is O=C(NCc1ccc(-c2ccc(F)cc2)cc1Cl)c1cncc(-c2cccc(Cl)c2)c1. The summed E-state index contributed by atoms with van der Waals surface area (Å²) in [7, 11) is 0. The van der Waals surface area contributed by atoms with Crippen molar-refractivity contribution in [2.75, 3.05) is 0 Å². The smallest absolute Gasteiger partial charge is 0.253 e. The van der Waals surface area contributed by atoms with E-state index < -0.39 is 0 Å². The van der Waals surface area contributed by atoms with Crippen LogP contribution in [-0.4, -0.2) is 10.9 Å². The first-order valence-corrected chi connectivity index (χ1v) is 10.3. The summed E-state index contributed by atoms with van der Waals surface area (Å²) in [4.78, 5) is 16.8. The van der Waals surface area contributed by atoms with Crippen LogP contribution >= 0.6 is 23.2 Å². The predicted octanol–water partition coefficient (Wildman–Crippen LogP) is 6.79. The largest absolute Gasteiger partial charge is 0.348 e. The third-order valence-corrected chi connectivity index (χ3v) is 5.42. The van der Waals surface area contributed by atoms with Crippen molar-refractivity contribution < 1.29 is 9.18 Å². The highest BCUT2D eigenvalue weighted by Crippen LogP contribution is 2.26. The van der Waals surface area contributed by atoms with Crippen molar-refractivity contribution in [2.45, 2.75) is 6.54 Å². The minimum Gasteiger partial charge on any atom is -0.348 e. The van der Waals surface area contributed by atoms with E-state index in [-0.39, 0.29) is 18.3 Å². The molecule has 0 aliphatic carbocycles. The van der Waals surface area contributed by atoms with E-state index in [1.165, 1.54) is 18.3 Å². The van der Waals surface area contributed by atoms with Gasteiger partial charge in [0.05, 0.1) is 5.56 Å². The van der Waals surface area contributed by atoms with Gasteiger partial charge in [-0.2, -0.15) is 0 Å². The van der Waals surface area contributed by atoms with E-state index in [0.717, 1.165) is 27.8 Å². The lowest BCUT2D eigenvalue weighted by Gasteiger charge is -2.10. The molecule has 3 nitrogen and oxygen atoms in total. The second kappa shape index (κ2) is 9.29. The van der Waals surface area contributed by atoms with E-state index in [2.05, 4.69) is 10.3 Å². The van der Waals surface area contributed by atoms with E-state index in [4.69, 9.17) is 23.2 Å². The maximum atomic E-state index is 13.1. The van der Waals surface area contributed by atoms with Crippen LogP contribution in [0.4, 0.5) is 4.39 Å². The van der Waals surface area contributed by atoms with Crippen LogP contribution in [0.5, 0.6) is 0 Å². The van der Waals surface area contributed by atoms with Crippen molar-refractivity contribution in [2.24, 2.45) is 0 Å². The molecule has 4 aromatic rings. The number of hydrogen-bond donors (Lipinski definition) is 1. The molecule has 0 unspecified atom stereocenters. The van der Waals surface area contributed by atoms with Crippen LogP contribution in [0.3, 0.4) is 0 Å². The van der Waals surface area contributed by atoms with E-state index >= 15 is 0 Å². The maximum Gasteiger partial charge on any atom is 0.253 e. The van der Waals surface area contributed by atoms with Crippen molar-refractivity contribution in [1.29, 1.82) is 0 Å². The number of pyridine rings is 1. The molecule has 0 atom stereocenters. The normalized spacial score (nSPS) is 10.7. The average Bonchev–Trinajstić information content (AvgIpc) is 2.78.